The van der Waals surface area contributed by atoms with Crippen molar-refractivity contribution in [1.82, 2.24) is 9.99 Å². The van der Waals surface area contributed by atoms with Gasteiger partial charge >= 0.3 is 5.97 Å². The summed E-state index contributed by atoms with van der Waals surface area (Å²) >= 11 is 8.88. The van der Waals surface area contributed by atoms with E-state index < -0.39 is 18.1 Å². The number of methoxy groups -OCH3 is 1. The second-order valence-electron chi connectivity index (χ2n) is 7.23. The number of amides is 1. The van der Waals surface area contributed by atoms with Crippen LogP contribution in [0.5, 0.6) is 11.6 Å². The smallest absolute Gasteiger partial charge is 0.308 e. The van der Waals surface area contributed by atoms with Crippen LogP contribution in [0.4, 0.5) is 0 Å². The molecule has 1 aliphatic rings. The number of carbonyl (C=O) groups excluding carboxylic acids is 2. The summed E-state index contributed by atoms with van der Waals surface area (Å²) in [5, 5.41) is 15.1. The van der Waals surface area contributed by atoms with E-state index in [9.17, 15) is 14.9 Å². The van der Waals surface area contributed by atoms with Crippen LogP contribution in [0.25, 0.3) is 0 Å². The van der Waals surface area contributed by atoms with Crippen LogP contribution in [0.3, 0.4) is 0 Å². The SMILES string of the molecule is COCc1c(Br)c(C)nc(OCC2=NN(C(C)=O)C(c3cc(Br)cc(I)c3OC(C)=O)O2)c1C#N. The van der Waals surface area contributed by atoms with E-state index in [1.807, 2.05) is 22.6 Å². The largest absolute Gasteiger partial charge is 0.467 e. The molecule has 0 radical (unpaired) electrons. The van der Waals surface area contributed by atoms with Gasteiger partial charge in [-0.05, 0) is 57.6 Å². The van der Waals surface area contributed by atoms with E-state index in [-0.39, 0.29) is 36.3 Å². The van der Waals surface area contributed by atoms with Gasteiger partial charge in [0.1, 0.15) is 11.6 Å². The Balaban J connectivity index is 1.92. The van der Waals surface area contributed by atoms with Gasteiger partial charge in [-0.15, -0.1) is 5.10 Å². The maximum absolute atomic E-state index is 12.4. The lowest BCUT2D eigenvalue weighted by molar-refractivity contribution is -0.135. The number of hydrazone groups is 1. The second-order valence-corrected chi connectivity index (χ2v) is 10.1. The fraction of sp³-hybridized carbons (Fsp3) is 0.318. The Hall–Kier alpha value is -2.28. The molecule has 1 aromatic heterocycles. The van der Waals surface area contributed by atoms with Crippen molar-refractivity contribution < 1.29 is 28.5 Å². The summed E-state index contributed by atoms with van der Waals surface area (Å²) in [6, 6.07) is 5.55. The first-order valence-corrected chi connectivity index (χ1v) is 12.7. The van der Waals surface area contributed by atoms with Gasteiger partial charge in [0.05, 0.1) is 21.4 Å². The normalized spacial score (nSPS) is 14.7. The molecule has 1 unspecified atom stereocenters. The number of benzene rings is 1. The van der Waals surface area contributed by atoms with Gasteiger partial charge in [-0.1, -0.05) is 15.9 Å². The lowest BCUT2D eigenvalue weighted by Gasteiger charge is -2.22. The number of ether oxygens (including phenoxy) is 4. The third kappa shape index (κ3) is 6.11. The van der Waals surface area contributed by atoms with Crippen LogP contribution in [-0.2, 0) is 25.7 Å². The van der Waals surface area contributed by atoms with E-state index in [0.29, 0.717) is 29.3 Å². The van der Waals surface area contributed by atoms with Gasteiger partial charge in [0.25, 0.3) is 0 Å². The van der Waals surface area contributed by atoms with Crippen molar-refractivity contribution in [2.45, 2.75) is 33.6 Å². The van der Waals surface area contributed by atoms with Crippen molar-refractivity contribution in [2.75, 3.05) is 13.7 Å². The van der Waals surface area contributed by atoms with E-state index in [0.717, 1.165) is 5.01 Å². The number of rotatable bonds is 7. The lowest BCUT2D eigenvalue weighted by atomic mass is 10.1. The average molecular weight is 722 g/mol. The predicted octanol–water partition coefficient (Wildman–Crippen LogP) is 4.73. The molecule has 0 fully saturated rings. The molecule has 1 amide bonds. The van der Waals surface area contributed by atoms with Crippen molar-refractivity contribution in [1.29, 1.82) is 5.26 Å². The highest BCUT2D eigenvalue weighted by molar-refractivity contribution is 14.1. The zero-order valence-corrected chi connectivity index (χ0v) is 24.3. The topological polar surface area (TPSA) is 123 Å². The summed E-state index contributed by atoms with van der Waals surface area (Å²) < 4.78 is 24.3. The molecule has 0 saturated heterocycles. The summed E-state index contributed by atoms with van der Waals surface area (Å²) in [4.78, 5) is 28.4. The van der Waals surface area contributed by atoms with E-state index in [2.05, 4.69) is 48.0 Å². The molecule has 0 saturated carbocycles. The summed E-state index contributed by atoms with van der Waals surface area (Å²) in [6.07, 6.45) is -0.995. The molecule has 1 aromatic carbocycles. The maximum Gasteiger partial charge on any atom is 0.308 e. The molecular formula is C22H19Br2IN4O6. The van der Waals surface area contributed by atoms with Crippen LogP contribution in [0.2, 0.25) is 0 Å². The molecule has 1 atom stereocenters. The molecule has 2 aromatic rings. The van der Waals surface area contributed by atoms with Crippen LogP contribution in [0, 0.1) is 21.8 Å². The van der Waals surface area contributed by atoms with Crippen LogP contribution in [0.15, 0.2) is 26.2 Å². The molecule has 13 heteroatoms. The zero-order chi connectivity index (χ0) is 25.9. The Morgan fingerprint density at radius 3 is 2.60 bits per heavy atom. The Kier molecular flexibility index (Phi) is 9.08. The fourth-order valence-electron chi connectivity index (χ4n) is 3.23. The molecule has 0 aliphatic carbocycles. The highest BCUT2D eigenvalue weighted by atomic mass is 127. The monoisotopic (exact) mass is 720 g/mol. The Morgan fingerprint density at radius 1 is 1.29 bits per heavy atom. The van der Waals surface area contributed by atoms with Crippen molar-refractivity contribution >= 4 is 72.2 Å². The molecule has 3 rings (SSSR count). The molecule has 0 bridgehead atoms. The van der Waals surface area contributed by atoms with Gasteiger partial charge in [-0.2, -0.15) is 10.3 Å². The number of pyridine rings is 1. The number of hydrogen-bond donors (Lipinski definition) is 0. The first-order chi connectivity index (χ1) is 16.6. The Labute approximate surface area is 232 Å². The second kappa shape index (κ2) is 11.6. The summed E-state index contributed by atoms with van der Waals surface area (Å²) in [5.74, 6) is -0.492. The van der Waals surface area contributed by atoms with Crippen molar-refractivity contribution in [3.8, 4) is 17.7 Å². The van der Waals surface area contributed by atoms with E-state index in [1.54, 1.807) is 19.1 Å². The van der Waals surface area contributed by atoms with Gasteiger partial charge in [0.2, 0.25) is 23.9 Å². The summed E-state index contributed by atoms with van der Waals surface area (Å²) in [6.45, 7) is 4.36. The zero-order valence-electron chi connectivity index (χ0n) is 19.0. The van der Waals surface area contributed by atoms with Crippen LogP contribution in [-0.4, -0.2) is 41.5 Å². The molecular weight excluding hydrogens is 703 g/mol. The first-order valence-electron chi connectivity index (χ1n) is 9.99. The number of halogens is 3. The Morgan fingerprint density at radius 2 is 2.00 bits per heavy atom. The molecule has 0 spiro atoms. The van der Waals surface area contributed by atoms with Gasteiger partial charge in [0, 0.05) is 35.5 Å². The van der Waals surface area contributed by atoms with E-state index in [4.69, 9.17) is 18.9 Å². The average Bonchev–Trinajstić information content (AvgIpc) is 3.21. The third-order valence-corrected chi connectivity index (χ3v) is 6.97. The Bertz CT molecular complexity index is 1260. The predicted molar refractivity (Wildman–Crippen MR) is 140 cm³/mol. The molecule has 184 valence electrons. The number of hydrogen-bond acceptors (Lipinski definition) is 9. The van der Waals surface area contributed by atoms with Gasteiger partial charge < -0.3 is 18.9 Å². The van der Waals surface area contributed by atoms with Gasteiger partial charge in [-0.3, -0.25) is 9.59 Å². The van der Waals surface area contributed by atoms with Crippen molar-refractivity contribution in [2.24, 2.45) is 5.10 Å². The molecule has 10 nitrogen and oxygen atoms in total. The number of aryl methyl sites for hydroxylation is 1. The van der Waals surface area contributed by atoms with Crippen LogP contribution in [0.1, 0.15) is 42.5 Å². The fourth-order valence-corrected chi connectivity index (χ4v) is 5.29. The first kappa shape index (κ1) is 27.3. The van der Waals surface area contributed by atoms with E-state index >= 15 is 0 Å². The van der Waals surface area contributed by atoms with Crippen LogP contribution < -0.4 is 9.47 Å². The highest BCUT2D eigenvalue weighted by Gasteiger charge is 2.36. The quantitative estimate of drug-likeness (QED) is 0.229. The minimum atomic E-state index is -0.995. The lowest BCUT2D eigenvalue weighted by Crippen LogP contribution is -2.26. The van der Waals surface area contributed by atoms with E-state index in [1.165, 1.54) is 21.0 Å². The summed E-state index contributed by atoms with van der Waals surface area (Å²) in [5.41, 5.74) is 1.84. The third-order valence-electron chi connectivity index (χ3n) is 4.66. The standard InChI is InChI=1S/C22H19Br2IN4O6/c1-10-19(24)16(8-32-4)15(7-26)21(27-10)33-9-18-28-29(11(2)30)22(35-18)14-5-13(23)6-17(25)20(14)34-12(3)31/h5-6,22H,8-9H2,1-4H3. The van der Waals surface area contributed by atoms with Gasteiger partial charge in [0.15, 0.2) is 12.4 Å². The molecule has 35 heavy (non-hydrogen) atoms. The minimum absolute atomic E-state index is 0.0773. The number of aromatic nitrogens is 1. The number of esters is 1. The number of nitrogens with zero attached hydrogens (tertiary/aromatic N) is 4. The number of nitriles is 1. The highest BCUT2D eigenvalue weighted by Crippen LogP contribution is 2.39. The molecule has 1 aliphatic heterocycles. The summed E-state index contributed by atoms with van der Waals surface area (Å²) in [7, 11) is 1.52. The molecule has 2 heterocycles. The minimum Gasteiger partial charge on any atom is -0.467 e. The maximum atomic E-state index is 12.4. The van der Waals surface area contributed by atoms with Gasteiger partial charge in [-0.25, -0.2) is 4.98 Å². The van der Waals surface area contributed by atoms with Crippen molar-refractivity contribution in [3.63, 3.8) is 0 Å². The molecule has 0 N–H and O–H groups in total. The van der Waals surface area contributed by atoms with Crippen LogP contribution >= 0.6 is 54.5 Å². The van der Waals surface area contributed by atoms with Crippen molar-refractivity contribution in [3.05, 3.63) is 47.0 Å². The number of carbonyl (C=O) groups is 2.